The Morgan fingerprint density at radius 2 is 1.57 bits per heavy atom. The lowest BCUT2D eigenvalue weighted by Crippen LogP contribution is -2.48. The number of carbonyl (C=O) groups excluding carboxylic acids is 3. The molecule has 0 saturated heterocycles. The number of rotatable bonds is 9. The van der Waals surface area contributed by atoms with E-state index >= 15 is 0 Å². The van der Waals surface area contributed by atoms with Gasteiger partial charge in [0.2, 0.25) is 11.8 Å². The zero-order chi connectivity index (χ0) is 26.9. The summed E-state index contributed by atoms with van der Waals surface area (Å²) in [6, 6.07) is 20.5. The van der Waals surface area contributed by atoms with Crippen LogP contribution in [0.25, 0.3) is 0 Å². The van der Waals surface area contributed by atoms with E-state index in [4.69, 9.17) is 16.7 Å². The lowest BCUT2D eigenvalue weighted by atomic mass is 10.2. The van der Waals surface area contributed by atoms with Crippen LogP contribution in [0.3, 0.4) is 0 Å². The van der Waals surface area contributed by atoms with Gasteiger partial charge in [-0.3, -0.25) is 14.5 Å². The summed E-state index contributed by atoms with van der Waals surface area (Å²) in [7, 11) is 0. The Kier molecular flexibility index (Phi) is 9.23. The molecule has 0 unspecified atom stereocenters. The second-order valence-electron chi connectivity index (χ2n) is 8.32. The molecule has 4 amide bonds. The van der Waals surface area contributed by atoms with E-state index in [-0.39, 0.29) is 34.8 Å². The smallest absolute Gasteiger partial charge is 0.335 e. The molecule has 0 saturated carbocycles. The molecule has 0 aliphatic rings. The Labute approximate surface area is 219 Å². The second-order valence-corrected chi connectivity index (χ2v) is 8.73. The number of carboxylic acid groups (broad SMARTS) is 1. The number of nitrogens with zero attached hydrogens (tertiary/aromatic N) is 2. The van der Waals surface area contributed by atoms with Crippen LogP contribution in [0.15, 0.2) is 78.9 Å². The van der Waals surface area contributed by atoms with Gasteiger partial charge in [0.05, 0.1) is 22.8 Å². The first-order chi connectivity index (χ1) is 17.7. The van der Waals surface area contributed by atoms with Gasteiger partial charge in [0.1, 0.15) is 6.54 Å². The van der Waals surface area contributed by atoms with E-state index < -0.39 is 24.5 Å². The highest BCUT2D eigenvalue weighted by atomic mass is 35.5. The number of urea groups is 1. The highest BCUT2D eigenvalue weighted by Crippen LogP contribution is 2.26. The Balaban J connectivity index is 1.76. The van der Waals surface area contributed by atoms with Crippen LogP contribution >= 0.6 is 11.6 Å². The van der Waals surface area contributed by atoms with Crippen LogP contribution in [0, 0.1) is 0 Å². The second kappa shape index (κ2) is 12.5. The molecule has 0 heterocycles. The van der Waals surface area contributed by atoms with Crippen molar-refractivity contribution in [2.45, 2.75) is 19.9 Å². The Hall–Kier alpha value is -4.37. The summed E-state index contributed by atoms with van der Waals surface area (Å²) in [6.07, 6.45) is 0. The van der Waals surface area contributed by atoms with Crippen LogP contribution in [-0.2, 0) is 9.59 Å². The van der Waals surface area contributed by atoms with Gasteiger partial charge in [-0.2, -0.15) is 0 Å². The molecule has 0 fully saturated rings. The number of benzene rings is 3. The molecule has 3 aromatic carbocycles. The molecule has 10 heteroatoms. The maximum atomic E-state index is 13.4. The van der Waals surface area contributed by atoms with Gasteiger partial charge in [-0.1, -0.05) is 48.0 Å². The minimum Gasteiger partial charge on any atom is -0.478 e. The van der Waals surface area contributed by atoms with Gasteiger partial charge in [-0.25, -0.2) is 9.59 Å². The van der Waals surface area contributed by atoms with Crippen molar-refractivity contribution in [2.24, 2.45) is 0 Å². The number of aromatic carboxylic acids is 1. The summed E-state index contributed by atoms with van der Waals surface area (Å²) in [4.78, 5) is 53.0. The van der Waals surface area contributed by atoms with Crippen LogP contribution in [-0.4, -0.2) is 48.1 Å². The minimum atomic E-state index is -1.13. The summed E-state index contributed by atoms with van der Waals surface area (Å²) in [6.45, 7) is 3.01. The van der Waals surface area contributed by atoms with E-state index in [2.05, 4.69) is 10.6 Å². The molecule has 9 nitrogen and oxygen atoms in total. The molecule has 192 valence electrons. The number of carboxylic acids is 1. The maximum Gasteiger partial charge on any atom is 0.335 e. The fraction of sp³-hybridized carbons (Fsp3) is 0.185. The van der Waals surface area contributed by atoms with E-state index in [1.165, 1.54) is 29.2 Å². The molecule has 0 spiro atoms. The van der Waals surface area contributed by atoms with Gasteiger partial charge in [0, 0.05) is 17.4 Å². The number of hydrogen-bond donors (Lipinski definition) is 3. The van der Waals surface area contributed by atoms with Gasteiger partial charge >= 0.3 is 12.0 Å². The standard InChI is InChI=1S/C27H27ClN4O5/c1-18(2)32(21-11-4-3-5-12-21)25(34)17-31(23-14-7-6-13-22(23)28)24(33)16-29-27(37)30-20-10-8-9-19(15-20)26(35)36/h3-15,18H,16-17H2,1-2H3,(H,35,36)(H2,29,30,37). The van der Waals surface area contributed by atoms with E-state index in [1.807, 2.05) is 44.2 Å². The van der Waals surface area contributed by atoms with Gasteiger partial charge < -0.3 is 20.6 Å². The van der Waals surface area contributed by atoms with Crippen molar-refractivity contribution in [3.05, 3.63) is 89.4 Å². The van der Waals surface area contributed by atoms with Gasteiger partial charge in [0.15, 0.2) is 0 Å². The highest BCUT2D eigenvalue weighted by molar-refractivity contribution is 6.34. The van der Waals surface area contributed by atoms with E-state index in [9.17, 15) is 19.2 Å². The molecule has 0 radical (unpaired) electrons. The molecule has 0 bridgehead atoms. The van der Waals surface area contributed by atoms with E-state index in [0.717, 1.165) is 0 Å². The monoisotopic (exact) mass is 522 g/mol. The zero-order valence-corrected chi connectivity index (χ0v) is 21.1. The van der Waals surface area contributed by atoms with Gasteiger partial charge in [-0.15, -0.1) is 0 Å². The lowest BCUT2D eigenvalue weighted by Gasteiger charge is -2.31. The Morgan fingerprint density at radius 1 is 0.892 bits per heavy atom. The molecular weight excluding hydrogens is 496 g/mol. The van der Waals surface area contributed by atoms with Crippen LogP contribution in [0.2, 0.25) is 5.02 Å². The van der Waals surface area contributed by atoms with Crippen LogP contribution < -0.4 is 20.4 Å². The number of anilines is 3. The van der Waals surface area contributed by atoms with Crippen molar-refractivity contribution in [2.75, 3.05) is 28.2 Å². The summed E-state index contributed by atoms with van der Waals surface area (Å²) in [5.41, 5.74) is 1.27. The summed E-state index contributed by atoms with van der Waals surface area (Å²) >= 11 is 6.35. The molecule has 3 N–H and O–H groups in total. The first-order valence-electron chi connectivity index (χ1n) is 11.5. The molecule has 37 heavy (non-hydrogen) atoms. The third-order valence-corrected chi connectivity index (χ3v) is 5.64. The summed E-state index contributed by atoms with van der Waals surface area (Å²) < 4.78 is 0. The minimum absolute atomic E-state index is 0.00501. The van der Waals surface area contributed by atoms with Gasteiger partial charge in [0.25, 0.3) is 0 Å². The molecule has 0 aromatic heterocycles. The molecule has 3 aromatic rings. The summed E-state index contributed by atoms with van der Waals surface area (Å²) in [5.74, 6) is -2.03. The maximum absolute atomic E-state index is 13.4. The fourth-order valence-corrected chi connectivity index (χ4v) is 3.90. The summed E-state index contributed by atoms with van der Waals surface area (Å²) in [5, 5.41) is 14.3. The normalized spacial score (nSPS) is 10.5. The quantitative estimate of drug-likeness (QED) is 0.378. The van der Waals surface area contributed by atoms with Crippen molar-refractivity contribution in [3.8, 4) is 0 Å². The first-order valence-corrected chi connectivity index (χ1v) is 11.9. The average Bonchev–Trinajstić information content (AvgIpc) is 2.87. The van der Waals surface area contributed by atoms with Crippen molar-refractivity contribution in [1.82, 2.24) is 5.32 Å². The number of carbonyl (C=O) groups is 4. The number of hydrogen-bond acceptors (Lipinski definition) is 4. The molecule has 0 aliphatic carbocycles. The molecular formula is C27H27ClN4O5. The predicted molar refractivity (Wildman–Crippen MR) is 143 cm³/mol. The number of nitrogens with one attached hydrogen (secondary N) is 2. The molecule has 0 atom stereocenters. The third kappa shape index (κ3) is 7.31. The molecule has 3 rings (SSSR count). The third-order valence-electron chi connectivity index (χ3n) is 5.32. The van der Waals surface area contributed by atoms with Crippen molar-refractivity contribution in [1.29, 1.82) is 0 Å². The highest BCUT2D eigenvalue weighted by Gasteiger charge is 2.26. The number of halogens is 1. The number of amides is 4. The van der Waals surface area contributed by atoms with E-state index in [0.29, 0.717) is 11.4 Å². The SMILES string of the molecule is CC(C)N(C(=O)CN(C(=O)CNC(=O)Nc1cccc(C(=O)O)c1)c1ccccc1Cl)c1ccccc1. The van der Waals surface area contributed by atoms with Crippen LogP contribution in [0.1, 0.15) is 24.2 Å². The van der Waals surface area contributed by atoms with Crippen molar-refractivity contribution < 1.29 is 24.3 Å². The fourth-order valence-electron chi connectivity index (χ4n) is 3.67. The Morgan fingerprint density at radius 3 is 2.22 bits per heavy atom. The predicted octanol–water partition coefficient (Wildman–Crippen LogP) is 4.63. The van der Waals surface area contributed by atoms with Crippen molar-refractivity contribution >= 4 is 52.5 Å². The first kappa shape index (κ1) is 27.2. The zero-order valence-electron chi connectivity index (χ0n) is 20.3. The van der Waals surface area contributed by atoms with E-state index in [1.54, 1.807) is 29.2 Å². The van der Waals surface area contributed by atoms with Crippen LogP contribution in [0.4, 0.5) is 21.9 Å². The van der Waals surface area contributed by atoms with Crippen molar-refractivity contribution in [3.63, 3.8) is 0 Å². The van der Waals surface area contributed by atoms with Crippen LogP contribution in [0.5, 0.6) is 0 Å². The Bertz CT molecular complexity index is 1280. The van der Waals surface area contributed by atoms with Gasteiger partial charge in [-0.05, 0) is 56.3 Å². The lowest BCUT2D eigenvalue weighted by molar-refractivity contribution is -0.122. The average molecular weight is 523 g/mol. The molecule has 0 aliphatic heterocycles. The number of para-hydroxylation sites is 2. The largest absolute Gasteiger partial charge is 0.478 e. The topological polar surface area (TPSA) is 119 Å².